The molecule has 0 radical (unpaired) electrons. The highest BCUT2D eigenvalue weighted by atomic mass is 19.1. The van der Waals surface area contributed by atoms with Crippen molar-refractivity contribution in [1.29, 1.82) is 0 Å². The van der Waals surface area contributed by atoms with Crippen LogP contribution in [0.3, 0.4) is 0 Å². The van der Waals surface area contributed by atoms with E-state index < -0.39 is 6.10 Å². The summed E-state index contributed by atoms with van der Waals surface area (Å²) < 4.78 is 13.2. The minimum absolute atomic E-state index is 0.182. The number of amides is 1. The highest BCUT2D eigenvalue weighted by Crippen LogP contribution is 2.34. The topological polar surface area (TPSA) is 69.2 Å². The molecule has 24 heavy (non-hydrogen) atoms. The van der Waals surface area contributed by atoms with Gasteiger partial charge in [0.15, 0.2) is 0 Å². The number of carbonyl (C=O) groups excluding carboxylic acids is 1. The summed E-state index contributed by atoms with van der Waals surface area (Å²) in [5, 5.41) is 10.1. The molecule has 2 aromatic carbocycles. The fourth-order valence-electron chi connectivity index (χ4n) is 3.33. The van der Waals surface area contributed by atoms with E-state index in [4.69, 9.17) is 0 Å². The molecule has 1 saturated heterocycles. The number of likely N-dealkylation sites (tertiary alicyclic amines) is 1. The standard InChI is InChI=1S/C18H16FN3O2/c19-12-6-4-11(5-7-12)16-8-13(23)9-22(16)18(24)14-2-1-3-15-17(14)21-10-20-15/h1-7,10,13,16,23H,8-9H2,(H,20,21)/t13-,16+/m1/s1. The van der Waals surface area contributed by atoms with Gasteiger partial charge in [0.2, 0.25) is 0 Å². The molecule has 0 aliphatic carbocycles. The zero-order valence-electron chi connectivity index (χ0n) is 12.8. The molecule has 1 aliphatic heterocycles. The van der Waals surface area contributed by atoms with E-state index >= 15 is 0 Å². The number of nitrogens with zero attached hydrogens (tertiary/aromatic N) is 2. The summed E-state index contributed by atoms with van der Waals surface area (Å²) in [6.45, 7) is 0.252. The molecule has 0 bridgehead atoms. The molecule has 6 heteroatoms. The third kappa shape index (κ3) is 2.45. The summed E-state index contributed by atoms with van der Waals surface area (Å²) in [7, 11) is 0. The number of fused-ring (bicyclic) bond motifs is 1. The van der Waals surface area contributed by atoms with Crippen LogP contribution in [0.1, 0.15) is 28.4 Å². The lowest BCUT2D eigenvalue weighted by molar-refractivity contribution is 0.0717. The fraction of sp³-hybridized carbons (Fsp3) is 0.222. The first-order valence-electron chi connectivity index (χ1n) is 7.80. The first-order chi connectivity index (χ1) is 11.6. The summed E-state index contributed by atoms with van der Waals surface area (Å²) >= 11 is 0. The van der Waals surface area contributed by atoms with Crippen LogP contribution in [-0.4, -0.2) is 38.5 Å². The monoisotopic (exact) mass is 325 g/mol. The van der Waals surface area contributed by atoms with Gasteiger partial charge in [-0.3, -0.25) is 4.79 Å². The van der Waals surface area contributed by atoms with Crippen LogP contribution in [0, 0.1) is 5.82 Å². The van der Waals surface area contributed by atoms with Gasteiger partial charge in [-0.05, 0) is 36.2 Å². The van der Waals surface area contributed by atoms with E-state index in [2.05, 4.69) is 9.97 Å². The summed E-state index contributed by atoms with van der Waals surface area (Å²) in [5.74, 6) is -0.505. The number of H-pyrrole nitrogens is 1. The van der Waals surface area contributed by atoms with Crippen molar-refractivity contribution in [1.82, 2.24) is 14.9 Å². The number of aromatic amines is 1. The third-order valence-electron chi connectivity index (χ3n) is 4.47. The fourth-order valence-corrected chi connectivity index (χ4v) is 3.33. The van der Waals surface area contributed by atoms with E-state index in [1.165, 1.54) is 12.1 Å². The van der Waals surface area contributed by atoms with Crippen LogP contribution in [0.2, 0.25) is 0 Å². The van der Waals surface area contributed by atoms with Gasteiger partial charge in [-0.1, -0.05) is 18.2 Å². The Labute approximate surface area is 137 Å². The Kier molecular flexibility index (Phi) is 3.54. The molecule has 2 N–H and O–H groups in total. The van der Waals surface area contributed by atoms with Gasteiger partial charge in [0.05, 0.1) is 29.6 Å². The van der Waals surface area contributed by atoms with Gasteiger partial charge in [-0.15, -0.1) is 0 Å². The van der Waals surface area contributed by atoms with Crippen LogP contribution >= 0.6 is 0 Å². The molecule has 1 amide bonds. The van der Waals surface area contributed by atoms with E-state index in [1.54, 1.807) is 35.5 Å². The lowest BCUT2D eigenvalue weighted by atomic mass is 10.0. The van der Waals surface area contributed by atoms with Crippen molar-refractivity contribution < 1.29 is 14.3 Å². The van der Waals surface area contributed by atoms with Crippen molar-refractivity contribution in [3.05, 3.63) is 65.7 Å². The second kappa shape index (κ2) is 5.72. The average Bonchev–Trinajstić information content (AvgIpc) is 3.21. The van der Waals surface area contributed by atoms with Crippen molar-refractivity contribution in [2.24, 2.45) is 0 Å². The maximum absolute atomic E-state index is 13.2. The van der Waals surface area contributed by atoms with Gasteiger partial charge in [0.1, 0.15) is 11.3 Å². The van der Waals surface area contributed by atoms with Crippen LogP contribution in [0.25, 0.3) is 11.0 Å². The molecule has 3 aromatic rings. The molecule has 1 aromatic heterocycles. The second-order valence-electron chi connectivity index (χ2n) is 6.02. The average molecular weight is 325 g/mol. The highest BCUT2D eigenvalue weighted by Gasteiger charge is 2.36. The van der Waals surface area contributed by atoms with Crippen molar-refractivity contribution in [2.75, 3.05) is 6.54 Å². The molecule has 0 unspecified atom stereocenters. The van der Waals surface area contributed by atoms with E-state index in [0.29, 0.717) is 17.5 Å². The third-order valence-corrected chi connectivity index (χ3v) is 4.47. The maximum atomic E-state index is 13.2. The first-order valence-corrected chi connectivity index (χ1v) is 7.80. The van der Waals surface area contributed by atoms with Crippen LogP contribution in [0.15, 0.2) is 48.8 Å². The number of benzene rings is 2. The molecule has 1 aliphatic rings. The number of imidazole rings is 1. The largest absolute Gasteiger partial charge is 0.391 e. The highest BCUT2D eigenvalue weighted by molar-refractivity contribution is 6.05. The minimum Gasteiger partial charge on any atom is -0.391 e. The van der Waals surface area contributed by atoms with Crippen molar-refractivity contribution in [2.45, 2.75) is 18.6 Å². The smallest absolute Gasteiger partial charge is 0.256 e. The molecule has 0 saturated carbocycles. The summed E-state index contributed by atoms with van der Waals surface area (Å²) in [4.78, 5) is 21.9. The molecular weight excluding hydrogens is 309 g/mol. The van der Waals surface area contributed by atoms with Crippen molar-refractivity contribution in [3.63, 3.8) is 0 Å². The molecule has 2 heterocycles. The van der Waals surface area contributed by atoms with E-state index in [1.807, 2.05) is 6.07 Å². The van der Waals surface area contributed by atoms with Gasteiger partial charge in [-0.25, -0.2) is 9.37 Å². The molecule has 0 spiro atoms. The summed E-state index contributed by atoms with van der Waals surface area (Å²) in [5.41, 5.74) is 2.71. The van der Waals surface area contributed by atoms with Crippen LogP contribution in [-0.2, 0) is 0 Å². The van der Waals surface area contributed by atoms with Gasteiger partial charge in [-0.2, -0.15) is 0 Å². The first kappa shape index (κ1) is 14.8. The summed E-state index contributed by atoms with van der Waals surface area (Å²) in [6.07, 6.45) is 1.40. The van der Waals surface area contributed by atoms with Crippen LogP contribution < -0.4 is 0 Å². The zero-order valence-corrected chi connectivity index (χ0v) is 12.8. The van der Waals surface area contributed by atoms with E-state index in [-0.39, 0.29) is 24.3 Å². The molecule has 2 atom stereocenters. The van der Waals surface area contributed by atoms with Gasteiger partial charge in [0, 0.05) is 6.54 Å². The lowest BCUT2D eigenvalue weighted by Gasteiger charge is -2.25. The number of hydrogen-bond acceptors (Lipinski definition) is 3. The van der Waals surface area contributed by atoms with Gasteiger partial charge in [0.25, 0.3) is 5.91 Å². The Balaban J connectivity index is 1.72. The number of hydrogen-bond donors (Lipinski definition) is 2. The van der Waals surface area contributed by atoms with Crippen LogP contribution in [0.5, 0.6) is 0 Å². The van der Waals surface area contributed by atoms with Gasteiger partial charge >= 0.3 is 0 Å². The van der Waals surface area contributed by atoms with E-state index in [0.717, 1.165) is 11.1 Å². The Morgan fingerprint density at radius 1 is 1.25 bits per heavy atom. The zero-order chi connectivity index (χ0) is 16.7. The Hall–Kier alpha value is -2.73. The minimum atomic E-state index is -0.595. The summed E-state index contributed by atoms with van der Waals surface area (Å²) in [6, 6.07) is 11.2. The molecule has 4 rings (SSSR count). The molecule has 122 valence electrons. The Bertz CT molecular complexity index is 891. The maximum Gasteiger partial charge on any atom is 0.256 e. The van der Waals surface area contributed by atoms with Crippen LogP contribution in [0.4, 0.5) is 4.39 Å². The molecular formula is C18H16FN3O2. The number of aliphatic hydroxyl groups excluding tert-OH is 1. The number of para-hydroxylation sites is 1. The predicted octanol–water partition coefficient (Wildman–Crippen LogP) is 2.65. The Morgan fingerprint density at radius 2 is 2.04 bits per heavy atom. The Morgan fingerprint density at radius 3 is 2.83 bits per heavy atom. The van der Waals surface area contributed by atoms with Crippen molar-refractivity contribution >= 4 is 16.9 Å². The number of rotatable bonds is 2. The molecule has 5 nitrogen and oxygen atoms in total. The van der Waals surface area contributed by atoms with Crippen molar-refractivity contribution in [3.8, 4) is 0 Å². The number of halogens is 1. The van der Waals surface area contributed by atoms with Gasteiger partial charge < -0.3 is 15.0 Å². The number of nitrogens with one attached hydrogen (secondary N) is 1. The predicted molar refractivity (Wildman–Crippen MR) is 86.9 cm³/mol. The number of β-amino-alcohol motifs (C(OH)–C–C–N with tert-alkyl or cyclic N) is 1. The number of aromatic nitrogens is 2. The SMILES string of the molecule is O=C(c1cccc2[nH]cnc12)N1C[C@H](O)C[C@H]1c1ccc(F)cc1. The number of aliphatic hydroxyl groups is 1. The second-order valence-corrected chi connectivity index (χ2v) is 6.02. The normalized spacial score (nSPS) is 20.7. The van der Waals surface area contributed by atoms with E-state index in [9.17, 15) is 14.3 Å². The molecule has 1 fully saturated rings. The lowest BCUT2D eigenvalue weighted by Crippen LogP contribution is -2.32. The number of carbonyl (C=O) groups is 1. The quantitative estimate of drug-likeness (QED) is 0.761.